The van der Waals surface area contributed by atoms with Gasteiger partial charge in [0, 0.05) is 10.5 Å². The van der Waals surface area contributed by atoms with Crippen LogP contribution in [0, 0.1) is 5.92 Å². The molecule has 4 heteroatoms. The third kappa shape index (κ3) is 4.16. The van der Waals surface area contributed by atoms with Crippen LogP contribution in [0.5, 0.6) is 0 Å². The lowest BCUT2D eigenvalue weighted by atomic mass is 9.95. The highest BCUT2D eigenvalue weighted by atomic mass is 32.2. The van der Waals surface area contributed by atoms with Gasteiger partial charge in [-0.25, -0.2) is 0 Å². The van der Waals surface area contributed by atoms with Crippen molar-refractivity contribution in [3.05, 3.63) is 0 Å². The smallest absolute Gasteiger partial charge is 0.327 e. The summed E-state index contributed by atoms with van der Waals surface area (Å²) in [6, 6.07) is 0. The van der Waals surface area contributed by atoms with E-state index in [1.807, 2.05) is 18.7 Å². The lowest BCUT2D eigenvalue weighted by molar-refractivity contribution is -0.151. The number of hydrogen-bond donors (Lipinski definition) is 1. The molecule has 0 saturated heterocycles. The summed E-state index contributed by atoms with van der Waals surface area (Å²) in [5.74, 6) is 1.19. The minimum absolute atomic E-state index is 0.0638. The van der Waals surface area contributed by atoms with Crippen LogP contribution in [-0.4, -0.2) is 35.2 Å². The molecule has 0 radical (unpaired) electrons. The number of carbonyl (C=O) groups excluding carboxylic acids is 1. The topological polar surface area (TPSA) is 38.3 Å². The van der Waals surface area contributed by atoms with Crippen LogP contribution < -0.4 is 5.32 Å². The molecular weight excluding hydrogens is 246 g/mol. The second-order valence-corrected chi connectivity index (χ2v) is 7.70. The first kappa shape index (κ1) is 15.8. The minimum atomic E-state index is -0.470. The standard InChI is InChI=1S/C14H27NO2S/c1-6-15-14(11-8-9-11,12(16)17-7-2)10-18-13(3,4)5/h11,15H,6-10H2,1-5H3. The van der Waals surface area contributed by atoms with Gasteiger partial charge >= 0.3 is 5.97 Å². The van der Waals surface area contributed by atoms with Crippen LogP contribution in [0.3, 0.4) is 0 Å². The fourth-order valence-electron chi connectivity index (χ4n) is 2.09. The number of carbonyl (C=O) groups is 1. The zero-order chi connectivity index (χ0) is 13.8. The summed E-state index contributed by atoms with van der Waals surface area (Å²) in [6.45, 7) is 11.8. The van der Waals surface area contributed by atoms with Crippen LogP contribution in [-0.2, 0) is 9.53 Å². The van der Waals surface area contributed by atoms with Crippen LogP contribution in [0.15, 0.2) is 0 Å². The molecule has 1 aliphatic rings. The molecule has 0 aliphatic heterocycles. The molecule has 0 amide bonds. The number of esters is 1. The Bertz CT molecular complexity index is 284. The Labute approximate surface area is 115 Å². The first-order valence-corrected chi connectivity index (χ1v) is 7.90. The maximum atomic E-state index is 12.4. The minimum Gasteiger partial charge on any atom is -0.465 e. The van der Waals surface area contributed by atoms with E-state index >= 15 is 0 Å². The van der Waals surface area contributed by atoms with E-state index in [1.54, 1.807) is 0 Å². The second-order valence-electron chi connectivity index (χ2n) is 5.90. The first-order chi connectivity index (χ1) is 8.35. The average Bonchev–Trinajstić information content (AvgIpc) is 3.07. The summed E-state index contributed by atoms with van der Waals surface area (Å²) < 4.78 is 5.48. The van der Waals surface area contributed by atoms with Crippen molar-refractivity contribution in [2.45, 2.75) is 57.7 Å². The summed E-state index contributed by atoms with van der Waals surface area (Å²) in [4.78, 5) is 12.4. The molecule has 0 aromatic carbocycles. The van der Waals surface area contributed by atoms with Gasteiger partial charge in [-0.1, -0.05) is 27.7 Å². The molecule has 1 N–H and O–H groups in total. The van der Waals surface area contributed by atoms with E-state index in [0.29, 0.717) is 12.5 Å². The Balaban J connectivity index is 2.80. The monoisotopic (exact) mass is 273 g/mol. The molecule has 0 aromatic rings. The SMILES string of the molecule is CCNC(CSC(C)(C)C)(C(=O)OCC)C1CC1. The summed E-state index contributed by atoms with van der Waals surface area (Å²) in [7, 11) is 0. The fraction of sp³-hybridized carbons (Fsp3) is 0.929. The number of rotatable bonds is 7. The van der Waals surface area contributed by atoms with Crippen molar-refractivity contribution in [2.24, 2.45) is 5.92 Å². The Morgan fingerprint density at radius 1 is 1.33 bits per heavy atom. The van der Waals surface area contributed by atoms with E-state index in [0.717, 1.165) is 25.1 Å². The van der Waals surface area contributed by atoms with E-state index in [2.05, 4.69) is 33.0 Å². The zero-order valence-corrected chi connectivity index (χ0v) is 13.2. The molecule has 3 nitrogen and oxygen atoms in total. The van der Waals surface area contributed by atoms with E-state index in [9.17, 15) is 4.79 Å². The Kier molecular flexibility index (Phi) is 5.53. The Morgan fingerprint density at radius 3 is 2.33 bits per heavy atom. The summed E-state index contributed by atoms with van der Waals surface area (Å²) in [5, 5.41) is 3.42. The number of nitrogens with one attached hydrogen (secondary N) is 1. The van der Waals surface area contributed by atoms with Crippen molar-refractivity contribution >= 4 is 17.7 Å². The van der Waals surface area contributed by atoms with Gasteiger partial charge in [-0.05, 0) is 32.2 Å². The number of likely N-dealkylation sites (N-methyl/N-ethyl adjacent to an activating group) is 1. The van der Waals surface area contributed by atoms with Crippen molar-refractivity contribution in [1.29, 1.82) is 0 Å². The third-order valence-electron chi connectivity index (χ3n) is 3.14. The normalized spacial score (nSPS) is 19.4. The van der Waals surface area contributed by atoms with Crippen LogP contribution in [0.4, 0.5) is 0 Å². The molecular formula is C14H27NO2S. The van der Waals surface area contributed by atoms with Crippen molar-refractivity contribution < 1.29 is 9.53 Å². The highest BCUT2D eigenvalue weighted by Crippen LogP contribution is 2.43. The molecule has 1 fully saturated rings. The lowest BCUT2D eigenvalue weighted by Crippen LogP contribution is -2.57. The van der Waals surface area contributed by atoms with Gasteiger partial charge in [-0.2, -0.15) is 11.8 Å². The predicted octanol–water partition coefficient (Wildman–Crippen LogP) is 2.84. The summed E-state index contributed by atoms with van der Waals surface area (Å²) >= 11 is 1.84. The number of ether oxygens (including phenoxy) is 1. The Morgan fingerprint density at radius 2 is 1.94 bits per heavy atom. The number of hydrogen-bond acceptors (Lipinski definition) is 4. The van der Waals surface area contributed by atoms with Crippen molar-refractivity contribution in [2.75, 3.05) is 18.9 Å². The predicted molar refractivity (Wildman–Crippen MR) is 78.0 cm³/mol. The molecule has 1 atom stereocenters. The highest BCUT2D eigenvalue weighted by Gasteiger charge is 2.51. The largest absolute Gasteiger partial charge is 0.465 e. The van der Waals surface area contributed by atoms with Gasteiger partial charge in [0.1, 0.15) is 5.54 Å². The van der Waals surface area contributed by atoms with Gasteiger partial charge in [0.25, 0.3) is 0 Å². The van der Waals surface area contributed by atoms with Gasteiger partial charge in [-0.15, -0.1) is 0 Å². The third-order valence-corrected chi connectivity index (χ3v) is 4.60. The highest BCUT2D eigenvalue weighted by molar-refractivity contribution is 8.00. The van der Waals surface area contributed by atoms with Crippen molar-refractivity contribution in [3.63, 3.8) is 0 Å². The van der Waals surface area contributed by atoms with Crippen molar-refractivity contribution in [1.82, 2.24) is 5.32 Å². The average molecular weight is 273 g/mol. The lowest BCUT2D eigenvalue weighted by Gasteiger charge is -2.34. The molecule has 18 heavy (non-hydrogen) atoms. The quantitative estimate of drug-likeness (QED) is 0.724. The molecule has 1 unspecified atom stereocenters. The van der Waals surface area contributed by atoms with E-state index in [1.165, 1.54) is 0 Å². The molecule has 0 bridgehead atoms. The molecule has 0 heterocycles. The fourth-order valence-corrected chi connectivity index (χ4v) is 3.21. The molecule has 1 rings (SSSR count). The van der Waals surface area contributed by atoms with Gasteiger partial charge in [0.05, 0.1) is 6.61 Å². The maximum absolute atomic E-state index is 12.4. The molecule has 0 aromatic heterocycles. The van der Waals surface area contributed by atoms with Gasteiger partial charge < -0.3 is 10.1 Å². The summed E-state index contributed by atoms with van der Waals surface area (Å²) in [5.41, 5.74) is -0.470. The molecule has 1 saturated carbocycles. The van der Waals surface area contributed by atoms with Gasteiger partial charge in [0.15, 0.2) is 0 Å². The van der Waals surface area contributed by atoms with Crippen LogP contribution in [0.1, 0.15) is 47.5 Å². The van der Waals surface area contributed by atoms with E-state index in [-0.39, 0.29) is 10.7 Å². The summed E-state index contributed by atoms with van der Waals surface area (Å²) in [6.07, 6.45) is 2.27. The number of thioether (sulfide) groups is 1. The molecule has 1 aliphatic carbocycles. The van der Waals surface area contributed by atoms with Crippen LogP contribution in [0.2, 0.25) is 0 Å². The zero-order valence-electron chi connectivity index (χ0n) is 12.3. The van der Waals surface area contributed by atoms with E-state index < -0.39 is 5.54 Å². The van der Waals surface area contributed by atoms with Crippen LogP contribution >= 0.6 is 11.8 Å². The molecule has 0 spiro atoms. The Hall–Kier alpha value is -0.220. The first-order valence-electron chi connectivity index (χ1n) is 6.92. The maximum Gasteiger partial charge on any atom is 0.327 e. The van der Waals surface area contributed by atoms with Crippen molar-refractivity contribution in [3.8, 4) is 0 Å². The van der Waals surface area contributed by atoms with Gasteiger partial charge in [0.2, 0.25) is 0 Å². The molecule has 106 valence electrons. The van der Waals surface area contributed by atoms with Crippen LogP contribution in [0.25, 0.3) is 0 Å². The second kappa shape index (κ2) is 6.29. The van der Waals surface area contributed by atoms with E-state index in [4.69, 9.17) is 4.74 Å². The van der Waals surface area contributed by atoms with Gasteiger partial charge in [-0.3, -0.25) is 4.79 Å².